The first-order chi connectivity index (χ1) is 8.51. The Morgan fingerprint density at radius 2 is 2.17 bits per heavy atom. The molecule has 0 unspecified atom stereocenters. The summed E-state index contributed by atoms with van der Waals surface area (Å²) in [6.45, 7) is 3.60. The molecule has 6 heteroatoms. The number of alkyl halides is 2. The fraction of sp³-hybridized carbons (Fsp3) is 0.500. The lowest BCUT2D eigenvalue weighted by molar-refractivity contribution is -0.142. The maximum Gasteiger partial charge on any atom is 0.310 e. The second-order valence-corrected chi connectivity index (χ2v) is 3.62. The molecule has 0 radical (unpaired) electrons. The van der Waals surface area contributed by atoms with E-state index in [9.17, 15) is 13.6 Å². The van der Waals surface area contributed by atoms with E-state index in [1.165, 1.54) is 13.3 Å². The minimum atomic E-state index is -2.75. The van der Waals surface area contributed by atoms with Crippen molar-refractivity contribution in [3.8, 4) is 5.75 Å². The van der Waals surface area contributed by atoms with Gasteiger partial charge in [0.25, 0.3) is 6.43 Å². The van der Waals surface area contributed by atoms with E-state index in [4.69, 9.17) is 9.47 Å². The Balaban J connectivity index is 3.15. The van der Waals surface area contributed by atoms with Gasteiger partial charge in [0.05, 0.1) is 20.1 Å². The molecule has 0 saturated carbocycles. The number of aryl methyl sites for hydroxylation is 1. The number of pyridine rings is 1. The highest BCUT2D eigenvalue weighted by Gasteiger charge is 2.22. The SMILES string of the molecule is CCOC(=O)Cc1c(C)cnc(C(F)F)c1OC. The molecule has 0 saturated heterocycles. The summed E-state index contributed by atoms with van der Waals surface area (Å²) in [6, 6.07) is 0. The van der Waals surface area contributed by atoms with E-state index < -0.39 is 18.1 Å². The summed E-state index contributed by atoms with van der Waals surface area (Å²) in [5, 5.41) is 0. The van der Waals surface area contributed by atoms with Crippen LogP contribution < -0.4 is 4.74 Å². The summed E-state index contributed by atoms with van der Waals surface area (Å²) in [7, 11) is 1.27. The average molecular weight is 259 g/mol. The van der Waals surface area contributed by atoms with Gasteiger partial charge in [-0.3, -0.25) is 9.78 Å². The molecule has 1 aromatic heterocycles. The Kier molecular flexibility index (Phi) is 5.00. The van der Waals surface area contributed by atoms with Crippen LogP contribution in [0.15, 0.2) is 6.20 Å². The van der Waals surface area contributed by atoms with Crippen LogP contribution in [0.3, 0.4) is 0 Å². The molecule has 0 atom stereocenters. The molecule has 4 nitrogen and oxygen atoms in total. The summed E-state index contributed by atoms with van der Waals surface area (Å²) in [5.74, 6) is -0.525. The van der Waals surface area contributed by atoms with Crippen molar-refractivity contribution < 1.29 is 23.0 Å². The van der Waals surface area contributed by atoms with Crippen molar-refractivity contribution in [2.75, 3.05) is 13.7 Å². The van der Waals surface area contributed by atoms with Crippen molar-refractivity contribution in [2.24, 2.45) is 0 Å². The summed E-state index contributed by atoms with van der Waals surface area (Å²) in [5.41, 5.74) is 0.549. The molecule has 0 fully saturated rings. The zero-order valence-electron chi connectivity index (χ0n) is 10.5. The molecular weight excluding hydrogens is 244 g/mol. The monoisotopic (exact) mass is 259 g/mol. The highest BCUT2D eigenvalue weighted by Crippen LogP contribution is 2.32. The molecule has 18 heavy (non-hydrogen) atoms. The first-order valence-electron chi connectivity index (χ1n) is 5.47. The van der Waals surface area contributed by atoms with Crippen LogP contribution >= 0.6 is 0 Å². The Hall–Kier alpha value is -1.72. The zero-order valence-corrected chi connectivity index (χ0v) is 10.5. The minimum Gasteiger partial charge on any atom is -0.494 e. The largest absolute Gasteiger partial charge is 0.494 e. The molecule has 1 rings (SSSR count). The van der Waals surface area contributed by atoms with Gasteiger partial charge in [-0.05, 0) is 19.4 Å². The van der Waals surface area contributed by atoms with Gasteiger partial charge < -0.3 is 9.47 Å². The Morgan fingerprint density at radius 3 is 2.67 bits per heavy atom. The maximum atomic E-state index is 12.8. The number of aromatic nitrogens is 1. The number of hydrogen-bond acceptors (Lipinski definition) is 4. The van der Waals surface area contributed by atoms with E-state index in [0.717, 1.165) is 0 Å². The lowest BCUT2D eigenvalue weighted by atomic mass is 10.1. The van der Waals surface area contributed by atoms with Crippen molar-refractivity contribution in [2.45, 2.75) is 26.7 Å². The van der Waals surface area contributed by atoms with Crippen molar-refractivity contribution in [1.82, 2.24) is 4.98 Å². The smallest absolute Gasteiger partial charge is 0.310 e. The van der Waals surface area contributed by atoms with Crippen molar-refractivity contribution in [3.63, 3.8) is 0 Å². The number of esters is 1. The maximum absolute atomic E-state index is 12.8. The van der Waals surface area contributed by atoms with E-state index in [1.807, 2.05) is 0 Å². The number of ether oxygens (including phenoxy) is 2. The molecule has 0 N–H and O–H groups in total. The third kappa shape index (κ3) is 3.15. The Morgan fingerprint density at radius 1 is 1.50 bits per heavy atom. The van der Waals surface area contributed by atoms with Crippen LogP contribution in [0.2, 0.25) is 0 Å². The minimum absolute atomic E-state index is 0.0435. The van der Waals surface area contributed by atoms with Gasteiger partial charge in [-0.25, -0.2) is 8.78 Å². The van der Waals surface area contributed by atoms with Gasteiger partial charge in [0.1, 0.15) is 11.4 Å². The molecule has 1 heterocycles. The van der Waals surface area contributed by atoms with E-state index in [0.29, 0.717) is 11.1 Å². The summed E-state index contributed by atoms with van der Waals surface area (Å²) in [4.78, 5) is 15.1. The van der Waals surface area contributed by atoms with Gasteiger partial charge in [0, 0.05) is 11.8 Å². The standard InChI is InChI=1S/C12H15F2NO3/c1-4-18-9(16)5-8-7(2)6-15-10(12(13)14)11(8)17-3/h6,12H,4-5H2,1-3H3. The fourth-order valence-electron chi connectivity index (χ4n) is 1.60. The molecule has 0 amide bonds. The van der Waals surface area contributed by atoms with Gasteiger partial charge in [-0.15, -0.1) is 0 Å². The van der Waals surface area contributed by atoms with Crippen molar-refractivity contribution >= 4 is 5.97 Å². The van der Waals surface area contributed by atoms with Crippen molar-refractivity contribution in [1.29, 1.82) is 0 Å². The molecule has 0 bridgehead atoms. The topological polar surface area (TPSA) is 48.4 Å². The molecule has 0 aromatic carbocycles. The first-order valence-corrected chi connectivity index (χ1v) is 5.47. The van der Waals surface area contributed by atoms with Crippen LogP contribution in [0.25, 0.3) is 0 Å². The highest BCUT2D eigenvalue weighted by atomic mass is 19.3. The number of carbonyl (C=O) groups excluding carboxylic acids is 1. The molecule has 0 aliphatic rings. The number of carbonyl (C=O) groups is 1. The lowest BCUT2D eigenvalue weighted by Gasteiger charge is -2.14. The van der Waals surface area contributed by atoms with Crippen LogP contribution in [0.4, 0.5) is 8.78 Å². The third-order valence-corrected chi connectivity index (χ3v) is 2.42. The number of methoxy groups -OCH3 is 1. The van der Waals surface area contributed by atoms with Gasteiger partial charge in [0.15, 0.2) is 0 Å². The molecule has 1 aromatic rings. The average Bonchev–Trinajstić information content (AvgIpc) is 2.31. The number of nitrogens with zero attached hydrogens (tertiary/aromatic N) is 1. The number of hydrogen-bond donors (Lipinski definition) is 0. The second kappa shape index (κ2) is 6.28. The Labute approximate surface area is 104 Å². The first kappa shape index (κ1) is 14.3. The highest BCUT2D eigenvalue weighted by molar-refractivity contribution is 5.74. The van der Waals surface area contributed by atoms with E-state index in [1.54, 1.807) is 13.8 Å². The third-order valence-electron chi connectivity index (χ3n) is 2.42. The van der Waals surface area contributed by atoms with Crippen molar-refractivity contribution in [3.05, 3.63) is 23.0 Å². The quantitative estimate of drug-likeness (QED) is 0.762. The Bertz CT molecular complexity index is 436. The van der Waals surface area contributed by atoms with Crippen LogP contribution in [-0.4, -0.2) is 24.7 Å². The van der Waals surface area contributed by atoms with Gasteiger partial charge >= 0.3 is 5.97 Å². The molecule has 100 valence electrons. The van der Waals surface area contributed by atoms with Gasteiger partial charge in [-0.2, -0.15) is 0 Å². The predicted octanol–water partition coefficient (Wildman–Crippen LogP) is 2.44. The van der Waals surface area contributed by atoms with E-state index in [-0.39, 0.29) is 18.8 Å². The van der Waals surface area contributed by atoms with Crippen LogP contribution in [0.5, 0.6) is 5.75 Å². The van der Waals surface area contributed by atoms with Crippen LogP contribution in [0.1, 0.15) is 30.2 Å². The summed E-state index contributed by atoms with van der Waals surface area (Å²) in [6.07, 6.45) is -1.55. The molecule has 0 spiro atoms. The predicted molar refractivity (Wildman–Crippen MR) is 60.8 cm³/mol. The van der Waals surface area contributed by atoms with Gasteiger partial charge in [-0.1, -0.05) is 0 Å². The fourth-order valence-corrected chi connectivity index (χ4v) is 1.60. The normalized spacial score (nSPS) is 10.6. The summed E-state index contributed by atoms with van der Waals surface area (Å²) < 4.78 is 35.3. The van der Waals surface area contributed by atoms with Crippen LogP contribution in [-0.2, 0) is 16.0 Å². The second-order valence-electron chi connectivity index (χ2n) is 3.62. The van der Waals surface area contributed by atoms with E-state index >= 15 is 0 Å². The lowest BCUT2D eigenvalue weighted by Crippen LogP contribution is -2.11. The van der Waals surface area contributed by atoms with Gasteiger partial charge in [0.2, 0.25) is 0 Å². The van der Waals surface area contributed by atoms with E-state index in [2.05, 4.69) is 4.98 Å². The van der Waals surface area contributed by atoms with Crippen LogP contribution in [0, 0.1) is 6.92 Å². The molecule has 0 aliphatic carbocycles. The molecular formula is C12H15F2NO3. The zero-order chi connectivity index (χ0) is 13.7. The number of halogens is 2. The summed E-state index contributed by atoms with van der Waals surface area (Å²) >= 11 is 0. The number of rotatable bonds is 5. The molecule has 0 aliphatic heterocycles.